The predicted octanol–water partition coefficient (Wildman–Crippen LogP) is 2.28. The van der Waals surface area contributed by atoms with Crippen LogP contribution >= 0.6 is 0 Å². The largest absolute Gasteiger partial charge is 0.350 e. The second-order valence-corrected chi connectivity index (χ2v) is 6.27. The van der Waals surface area contributed by atoms with Crippen molar-refractivity contribution in [1.82, 2.24) is 15.6 Å². The van der Waals surface area contributed by atoms with Crippen LogP contribution in [0, 0.1) is 0 Å². The molecule has 0 atom stereocenters. The van der Waals surface area contributed by atoms with Crippen molar-refractivity contribution in [2.75, 3.05) is 6.54 Å². The second-order valence-electron chi connectivity index (χ2n) is 6.27. The summed E-state index contributed by atoms with van der Waals surface area (Å²) in [6.45, 7) is 5.62. The number of fused-ring (bicyclic) bond motifs is 1. The van der Waals surface area contributed by atoms with Crippen molar-refractivity contribution in [3.8, 4) is 0 Å². The van der Waals surface area contributed by atoms with E-state index in [4.69, 9.17) is 0 Å². The van der Waals surface area contributed by atoms with Crippen LogP contribution in [0.15, 0.2) is 42.6 Å². The van der Waals surface area contributed by atoms with E-state index in [1.54, 1.807) is 12.3 Å². The summed E-state index contributed by atoms with van der Waals surface area (Å²) in [5.74, 6) is -0.534. The molecular weight excluding hydrogens is 290 g/mol. The van der Waals surface area contributed by atoms with Gasteiger partial charge in [-0.25, -0.2) is 0 Å². The highest BCUT2D eigenvalue weighted by Gasteiger charge is 2.13. The van der Waals surface area contributed by atoms with Crippen LogP contribution in [-0.4, -0.2) is 28.9 Å². The minimum atomic E-state index is -0.318. The number of benzene rings is 1. The molecule has 0 fully saturated rings. The van der Waals surface area contributed by atoms with Crippen LogP contribution in [0.2, 0.25) is 0 Å². The average molecular weight is 311 g/mol. The molecule has 0 bridgehead atoms. The van der Waals surface area contributed by atoms with E-state index in [2.05, 4.69) is 15.6 Å². The van der Waals surface area contributed by atoms with E-state index in [1.807, 2.05) is 51.1 Å². The summed E-state index contributed by atoms with van der Waals surface area (Å²) in [6.07, 6.45) is 4.83. The maximum atomic E-state index is 11.8. The zero-order valence-corrected chi connectivity index (χ0v) is 13.6. The highest BCUT2D eigenvalue weighted by Crippen LogP contribution is 2.16. The van der Waals surface area contributed by atoms with Crippen LogP contribution in [0.3, 0.4) is 0 Å². The van der Waals surface area contributed by atoms with E-state index >= 15 is 0 Å². The van der Waals surface area contributed by atoms with Crippen molar-refractivity contribution >= 4 is 28.8 Å². The van der Waals surface area contributed by atoms with Crippen molar-refractivity contribution in [2.45, 2.75) is 26.3 Å². The van der Waals surface area contributed by atoms with Crippen LogP contribution in [-0.2, 0) is 9.59 Å². The number of carbonyl (C=O) groups is 2. The van der Waals surface area contributed by atoms with Gasteiger partial charge >= 0.3 is 0 Å². The highest BCUT2D eigenvalue weighted by atomic mass is 16.2. The molecule has 1 heterocycles. The van der Waals surface area contributed by atoms with E-state index in [9.17, 15) is 9.59 Å². The topological polar surface area (TPSA) is 71.1 Å². The standard InChI is InChI=1S/C18H21N3O2/c1-18(2,3)21-16(23)12-20-15(22)10-9-14-7-4-6-13-8-5-11-19-17(13)14/h4-11H,12H2,1-3H3,(H,20,22)(H,21,23)/b10-9+. The Kier molecular flexibility index (Phi) is 5.11. The number of nitrogens with one attached hydrogen (secondary N) is 2. The monoisotopic (exact) mass is 311 g/mol. The van der Waals surface area contributed by atoms with Gasteiger partial charge in [0.05, 0.1) is 12.1 Å². The molecule has 0 radical (unpaired) electrons. The zero-order valence-electron chi connectivity index (χ0n) is 13.6. The molecule has 0 aliphatic carbocycles. The lowest BCUT2D eigenvalue weighted by Crippen LogP contribution is -2.45. The quantitative estimate of drug-likeness (QED) is 0.851. The van der Waals surface area contributed by atoms with Gasteiger partial charge < -0.3 is 10.6 Å². The van der Waals surface area contributed by atoms with Gasteiger partial charge in [0.25, 0.3) is 0 Å². The summed E-state index contributed by atoms with van der Waals surface area (Å²) in [6, 6.07) is 9.62. The van der Waals surface area contributed by atoms with Crippen LogP contribution in [0.25, 0.3) is 17.0 Å². The molecule has 2 amide bonds. The Hall–Kier alpha value is -2.69. The summed E-state index contributed by atoms with van der Waals surface area (Å²) < 4.78 is 0. The fraction of sp³-hybridized carbons (Fsp3) is 0.278. The lowest BCUT2D eigenvalue weighted by Gasteiger charge is -2.20. The second kappa shape index (κ2) is 7.05. The van der Waals surface area contributed by atoms with Crippen molar-refractivity contribution in [1.29, 1.82) is 0 Å². The van der Waals surface area contributed by atoms with E-state index in [0.717, 1.165) is 16.5 Å². The third-order valence-corrected chi connectivity index (χ3v) is 3.02. The Morgan fingerprint density at radius 2 is 1.91 bits per heavy atom. The fourth-order valence-corrected chi connectivity index (χ4v) is 2.12. The molecule has 5 nitrogen and oxygen atoms in total. The number of hydrogen-bond donors (Lipinski definition) is 2. The molecule has 0 saturated heterocycles. The summed E-state index contributed by atoms with van der Waals surface area (Å²) >= 11 is 0. The summed E-state index contributed by atoms with van der Waals surface area (Å²) in [4.78, 5) is 27.8. The number of carbonyl (C=O) groups excluding carboxylic acids is 2. The molecule has 0 aliphatic heterocycles. The Morgan fingerprint density at radius 1 is 1.17 bits per heavy atom. The fourth-order valence-electron chi connectivity index (χ4n) is 2.12. The van der Waals surface area contributed by atoms with Crippen LogP contribution in [0.4, 0.5) is 0 Å². The first-order valence-corrected chi connectivity index (χ1v) is 7.46. The van der Waals surface area contributed by atoms with Gasteiger partial charge in [0, 0.05) is 28.8 Å². The Labute approximate surface area is 135 Å². The summed E-state index contributed by atoms with van der Waals surface area (Å²) in [7, 11) is 0. The minimum Gasteiger partial charge on any atom is -0.350 e. The molecule has 0 aliphatic rings. The molecule has 0 unspecified atom stereocenters. The normalized spacial score (nSPS) is 11.6. The molecule has 5 heteroatoms. The van der Waals surface area contributed by atoms with Gasteiger partial charge in [0.15, 0.2) is 0 Å². The number of nitrogens with zero attached hydrogens (tertiary/aromatic N) is 1. The maximum absolute atomic E-state index is 11.8. The van der Waals surface area contributed by atoms with Crippen molar-refractivity contribution in [3.05, 3.63) is 48.2 Å². The number of para-hydroxylation sites is 1. The maximum Gasteiger partial charge on any atom is 0.244 e. The molecule has 0 spiro atoms. The van der Waals surface area contributed by atoms with E-state index in [1.165, 1.54) is 6.08 Å². The van der Waals surface area contributed by atoms with Crippen LogP contribution in [0.1, 0.15) is 26.3 Å². The average Bonchev–Trinajstić information content (AvgIpc) is 2.49. The molecule has 2 rings (SSSR count). The lowest BCUT2D eigenvalue weighted by molar-refractivity contribution is -0.124. The van der Waals surface area contributed by atoms with Crippen molar-refractivity contribution < 1.29 is 9.59 Å². The lowest BCUT2D eigenvalue weighted by atomic mass is 10.1. The smallest absolute Gasteiger partial charge is 0.244 e. The molecule has 0 saturated carbocycles. The summed E-state index contributed by atoms with van der Waals surface area (Å²) in [5.41, 5.74) is 1.38. The first-order valence-electron chi connectivity index (χ1n) is 7.46. The molecular formula is C18H21N3O2. The third kappa shape index (κ3) is 5.21. The Bertz CT molecular complexity index is 740. The third-order valence-electron chi connectivity index (χ3n) is 3.02. The number of hydrogen-bond acceptors (Lipinski definition) is 3. The van der Waals surface area contributed by atoms with E-state index < -0.39 is 0 Å². The molecule has 2 N–H and O–H groups in total. The first kappa shape index (κ1) is 16.7. The zero-order chi connectivity index (χ0) is 16.9. The number of pyridine rings is 1. The van der Waals surface area contributed by atoms with E-state index in [0.29, 0.717) is 0 Å². The number of rotatable bonds is 4. The van der Waals surface area contributed by atoms with Gasteiger partial charge in [-0.15, -0.1) is 0 Å². The van der Waals surface area contributed by atoms with Gasteiger partial charge in [-0.05, 0) is 32.9 Å². The molecule has 1 aromatic heterocycles. The van der Waals surface area contributed by atoms with Gasteiger partial charge in [-0.2, -0.15) is 0 Å². The van der Waals surface area contributed by atoms with Crippen molar-refractivity contribution in [2.24, 2.45) is 0 Å². The minimum absolute atomic E-state index is 0.0474. The van der Waals surface area contributed by atoms with Gasteiger partial charge in [0.1, 0.15) is 0 Å². The highest BCUT2D eigenvalue weighted by molar-refractivity contribution is 5.96. The molecule has 120 valence electrons. The van der Waals surface area contributed by atoms with Gasteiger partial charge in [0.2, 0.25) is 11.8 Å². The van der Waals surface area contributed by atoms with E-state index in [-0.39, 0.29) is 23.9 Å². The SMILES string of the molecule is CC(C)(C)NC(=O)CNC(=O)/C=C/c1cccc2cccnc12. The predicted molar refractivity (Wildman–Crippen MR) is 91.7 cm³/mol. The van der Waals surface area contributed by atoms with Crippen LogP contribution < -0.4 is 10.6 Å². The van der Waals surface area contributed by atoms with Crippen molar-refractivity contribution in [3.63, 3.8) is 0 Å². The molecule has 2 aromatic rings. The first-order chi connectivity index (χ1) is 10.8. The number of amides is 2. The molecule has 1 aromatic carbocycles. The summed E-state index contributed by atoms with van der Waals surface area (Å²) in [5, 5.41) is 6.36. The Balaban J connectivity index is 1.97. The van der Waals surface area contributed by atoms with Crippen LogP contribution in [0.5, 0.6) is 0 Å². The van der Waals surface area contributed by atoms with Gasteiger partial charge in [-0.3, -0.25) is 14.6 Å². The Morgan fingerprint density at radius 3 is 2.65 bits per heavy atom. The number of aromatic nitrogens is 1. The molecule has 23 heavy (non-hydrogen) atoms. The van der Waals surface area contributed by atoms with Gasteiger partial charge in [-0.1, -0.05) is 24.3 Å².